The van der Waals surface area contributed by atoms with Gasteiger partial charge in [0.15, 0.2) is 0 Å². The van der Waals surface area contributed by atoms with Crippen molar-refractivity contribution in [3.05, 3.63) is 0 Å². The molecule has 4 aliphatic rings. The summed E-state index contributed by atoms with van der Waals surface area (Å²) >= 11 is 0. The van der Waals surface area contributed by atoms with Crippen LogP contribution in [0, 0.1) is 40.4 Å². The van der Waals surface area contributed by atoms with Gasteiger partial charge in [-0.2, -0.15) is 0 Å². The summed E-state index contributed by atoms with van der Waals surface area (Å²) in [5.74, 6) is 4.25. The van der Waals surface area contributed by atoms with Gasteiger partial charge in [-0.05, 0) is 119 Å². The van der Waals surface area contributed by atoms with Crippen LogP contribution < -0.4 is 0 Å². The molecule has 166 valence electrons. The van der Waals surface area contributed by atoms with Crippen LogP contribution in [0.4, 0.5) is 0 Å². The zero-order chi connectivity index (χ0) is 20.6. The van der Waals surface area contributed by atoms with Gasteiger partial charge in [-0.15, -0.1) is 0 Å². The van der Waals surface area contributed by atoms with E-state index in [4.69, 9.17) is 4.84 Å². The number of nitrogens with zero attached hydrogens (tertiary/aromatic N) is 2. The van der Waals surface area contributed by atoms with Crippen molar-refractivity contribution in [2.45, 2.75) is 84.2 Å². The number of likely N-dealkylation sites (N-methyl/N-ethyl adjacent to an activating group) is 1. The van der Waals surface area contributed by atoms with Gasteiger partial charge in [0.05, 0.1) is 6.10 Å². The van der Waals surface area contributed by atoms with Crippen molar-refractivity contribution < 1.29 is 9.94 Å². The van der Waals surface area contributed by atoms with Crippen molar-refractivity contribution in [3.8, 4) is 0 Å². The van der Waals surface area contributed by atoms with Crippen molar-refractivity contribution in [1.29, 1.82) is 0 Å². The first-order valence-electron chi connectivity index (χ1n) is 12.3. The fourth-order valence-electron chi connectivity index (χ4n) is 8.23. The number of hydrogen-bond donors (Lipinski definition) is 1. The molecule has 4 fully saturated rings. The molecule has 0 aromatic carbocycles. The standard InChI is InChI=1S/C25H44N2O2/c1-24-13-10-23-21(7-5-19-17-20(28)9-12-25(19,23)2)22(24)8-6-18(24)11-14-26-29-16-15-27(3)4/h14,18-23,28H,5-13,15-17H2,1-4H3/t18?,19?,20?,21-,22-,23+,24+,25-/m0/s1. The summed E-state index contributed by atoms with van der Waals surface area (Å²) in [5.41, 5.74) is 0.984. The minimum atomic E-state index is -0.0337. The second-order valence-corrected chi connectivity index (χ2v) is 11.6. The molecule has 0 aromatic rings. The van der Waals surface area contributed by atoms with E-state index >= 15 is 0 Å². The number of aliphatic hydroxyl groups excluding tert-OH is 1. The Morgan fingerprint density at radius 3 is 2.55 bits per heavy atom. The van der Waals surface area contributed by atoms with Gasteiger partial charge in [0.25, 0.3) is 0 Å². The van der Waals surface area contributed by atoms with Crippen molar-refractivity contribution >= 4 is 6.21 Å². The SMILES string of the molecule is CN(C)CCON=CCC1CC[C@H]2[C@@H]3CCC4CC(O)CC[C@]4(C)[C@@H]3CC[C@]12C. The van der Waals surface area contributed by atoms with Gasteiger partial charge in [0.1, 0.15) is 6.61 Å². The van der Waals surface area contributed by atoms with Crippen LogP contribution in [-0.4, -0.2) is 49.6 Å². The Balaban J connectivity index is 1.38. The maximum absolute atomic E-state index is 10.2. The molecule has 1 N–H and O–H groups in total. The minimum Gasteiger partial charge on any atom is -0.395 e. The highest BCUT2D eigenvalue weighted by Gasteiger charge is 2.59. The molecule has 0 radical (unpaired) electrons. The topological polar surface area (TPSA) is 45.1 Å². The molecule has 4 nitrogen and oxygen atoms in total. The molecular formula is C25H44N2O2. The zero-order valence-electron chi connectivity index (χ0n) is 19.3. The van der Waals surface area contributed by atoms with Gasteiger partial charge >= 0.3 is 0 Å². The van der Waals surface area contributed by atoms with Crippen LogP contribution in [0.1, 0.15) is 78.1 Å². The number of aliphatic hydroxyl groups is 1. The Morgan fingerprint density at radius 1 is 1.00 bits per heavy atom. The smallest absolute Gasteiger partial charge is 0.129 e. The molecule has 4 rings (SSSR count). The quantitative estimate of drug-likeness (QED) is 0.387. The third-order valence-corrected chi connectivity index (χ3v) is 10.0. The summed E-state index contributed by atoms with van der Waals surface area (Å²) in [6.45, 7) is 6.78. The fraction of sp³-hybridized carbons (Fsp3) is 0.960. The first-order chi connectivity index (χ1) is 13.8. The van der Waals surface area contributed by atoms with Crippen molar-refractivity contribution in [1.82, 2.24) is 4.90 Å². The Kier molecular flexibility index (Phi) is 6.33. The molecule has 3 unspecified atom stereocenters. The Bertz CT molecular complexity index is 593. The van der Waals surface area contributed by atoms with Crippen LogP contribution >= 0.6 is 0 Å². The first-order valence-corrected chi connectivity index (χ1v) is 12.3. The van der Waals surface area contributed by atoms with E-state index in [0.29, 0.717) is 17.4 Å². The van der Waals surface area contributed by atoms with Gasteiger partial charge in [0, 0.05) is 12.8 Å². The summed E-state index contributed by atoms with van der Waals surface area (Å²) in [4.78, 5) is 7.57. The molecule has 4 heteroatoms. The van der Waals surface area contributed by atoms with Crippen LogP contribution in [0.5, 0.6) is 0 Å². The highest BCUT2D eigenvalue weighted by atomic mass is 16.6. The van der Waals surface area contributed by atoms with Crippen LogP contribution in [0.25, 0.3) is 0 Å². The first kappa shape index (κ1) is 21.6. The molecule has 29 heavy (non-hydrogen) atoms. The number of fused-ring (bicyclic) bond motifs is 5. The van der Waals surface area contributed by atoms with E-state index in [9.17, 15) is 5.11 Å². The Morgan fingerprint density at radius 2 is 1.76 bits per heavy atom. The lowest BCUT2D eigenvalue weighted by molar-refractivity contribution is -0.126. The molecule has 0 aromatic heterocycles. The van der Waals surface area contributed by atoms with Crippen LogP contribution in [0.15, 0.2) is 5.16 Å². The molecule has 0 spiro atoms. The molecule has 4 saturated carbocycles. The molecular weight excluding hydrogens is 360 g/mol. The second kappa shape index (κ2) is 8.49. The maximum Gasteiger partial charge on any atom is 0.129 e. The fourth-order valence-corrected chi connectivity index (χ4v) is 8.23. The average molecular weight is 405 g/mol. The van der Waals surface area contributed by atoms with Crippen molar-refractivity contribution in [3.63, 3.8) is 0 Å². The largest absolute Gasteiger partial charge is 0.395 e. The molecule has 0 heterocycles. The number of hydrogen-bond acceptors (Lipinski definition) is 4. The van der Waals surface area contributed by atoms with Gasteiger partial charge in [0.2, 0.25) is 0 Å². The molecule has 8 atom stereocenters. The van der Waals surface area contributed by atoms with Gasteiger partial charge in [-0.25, -0.2) is 0 Å². The molecule has 0 saturated heterocycles. The van der Waals surface area contributed by atoms with Crippen LogP contribution in [0.3, 0.4) is 0 Å². The molecule has 4 aliphatic carbocycles. The lowest BCUT2D eigenvalue weighted by Crippen LogP contribution is -2.53. The summed E-state index contributed by atoms with van der Waals surface area (Å²) in [6, 6.07) is 0. The number of rotatable bonds is 6. The molecule has 0 amide bonds. The van der Waals surface area contributed by atoms with E-state index in [2.05, 4.69) is 44.2 Å². The van der Waals surface area contributed by atoms with Gasteiger partial charge < -0.3 is 14.8 Å². The Hall–Kier alpha value is -0.610. The molecule has 0 bridgehead atoms. The predicted molar refractivity (Wildman–Crippen MR) is 119 cm³/mol. The Labute approximate surface area is 178 Å². The highest BCUT2D eigenvalue weighted by Crippen LogP contribution is 2.67. The van der Waals surface area contributed by atoms with Crippen molar-refractivity contribution in [2.75, 3.05) is 27.2 Å². The maximum atomic E-state index is 10.2. The zero-order valence-corrected chi connectivity index (χ0v) is 19.3. The summed E-state index contributed by atoms with van der Waals surface area (Å²) < 4.78 is 0. The third kappa shape index (κ3) is 4.01. The lowest BCUT2D eigenvalue weighted by atomic mass is 9.44. The molecule has 0 aliphatic heterocycles. The van der Waals surface area contributed by atoms with Crippen LogP contribution in [-0.2, 0) is 4.84 Å². The van der Waals surface area contributed by atoms with E-state index in [1.807, 2.05) is 0 Å². The lowest BCUT2D eigenvalue weighted by Gasteiger charge is -2.61. The summed E-state index contributed by atoms with van der Waals surface area (Å²) in [5, 5.41) is 14.5. The second-order valence-electron chi connectivity index (χ2n) is 11.6. The van der Waals surface area contributed by atoms with Gasteiger partial charge in [-0.3, -0.25) is 0 Å². The van der Waals surface area contributed by atoms with Crippen molar-refractivity contribution in [2.24, 2.45) is 45.6 Å². The number of oxime groups is 1. The normalized spacial score (nSPS) is 47.1. The van der Waals surface area contributed by atoms with Gasteiger partial charge in [-0.1, -0.05) is 19.0 Å². The predicted octanol–water partition coefficient (Wildman–Crippen LogP) is 4.96. The van der Waals surface area contributed by atoms with E-state index in [1.165, 1.54) is 44.9 Å². The highest BCUT2D eigenvalue weighted by molar-refractivity contribution is 5.57. The van der Waals surface area contributed by atoms with E-state index < -0.39 is 0 Å². The summed E-state index contributed by atoms with van der Waals surface area (Å²) in [7, 11) is 4.12. The van der Waals surface area contributed by atoms with Crippen LogP contribution in [0.2, 0.25) is 0 Å². The summed E-state index contributed by atoms with van der Waals surface area (Å²) in [6.07, 6.45) is 14.8. The monoisotopic (exact) mass is 404 g/mol. The van der Waals surface area contributed by atoms with E-state index in [1.54, 1.807) is 0 Å². The third-order valence-electron chi connectivity index (χ3n) is 10.0. The minimum absolute atomic E-state index is 0.0337. The average Bonchev–Trinajstić information content (AvgIpc) is 3.01. The van der Waals surface area contributed by atoms with E-state index in [0.717, 1.165) is 55.4 Å². The van der Waals surface area contributed by atoms with E-state index in [-0.39, 0.29) is 6.10 Å².